The minimum Gasteiger partial charge on any atom is -0.379 e. The molecule has 1 aromatic rings. The SMILES string of the molecule is NC(C(=O)N1CCC(N2CCOCC2)C1)c1ccccc1. The first-order valence-corrected chi connectivity index (χ1v) is 7.67. The minimum atomic E-state index is -0.547. The zero-order valence-electron chi connectivity index (χ0n) is 12.3. The van der Waals surface area contributed by atoms with E-state index in [1.165, 1.54) is 0 Å². The molecule has 5 heteroatoms. The Morgan fingerprint density at radius 1 is 1.19 bits per heavy atom. The maximum absolute atomic E-state index is 12.5. The van der Waals surface area contributed by atoms with Crippen molar-refractivity contribution in [1.29, 1.82) is 0 Å². The van der Waals surface area contributed by atoms with Gasteiger partial charge in [-0.05, 0) is 12.0 Å². The third-order valence-corrected chi connectivity index (χ3v) is 4.46. The molecule has 1 amide bonds. The summed E-state index contributed by atoms with van der Waals surface area (Å²) < 4.78 is 5.39. The first-order chi connectivity index (χ1) is 10.3. The first kappa shape index (κ1) is 14.5. The highest BCUT2D eigenvalue weighted by Gasteiger charge is 2.33. The summed E-state index contributed by atoms with van der Waals surface area (Å²) in [6, 6.07) is 9.52. The average molecular weight is 289 g/mol. The van der Waals surface area contributed by atoms with Gasteiger partial charge >= 0.3 is 0 Å². The Labute approximate surface area is 125 Å². The van der Waals surface area contributed by atoms with Crippen LogP contribution >= 0.6 is 0 Å². The van der Waals surface area contributed by atoms with Crippen LogP contribution in [0.5, 0.6) is 0 Å². The molecule has 2 aliphatic heterocycles. The molecule has 3 rings (SSSR count). The van der Waals surface area contributed by atoms with Crippen LogP contribution in [0.4, 0.5) is 0 Å². The zero-order chi connectivity index (χ0) is 14.7. The van der Waals surface area contributed by atoms with Crippen molar-refractivity contribution in [1.82, 2.24) is 9.80 Å². The largest absolute Gasteiger partial charge is 0.379 e. The van der Waals surface area contributed by atoms with E-state index in [1.54, 1.807) is 0 Å². The van der Waals surface area contributed by atoms with E-state index in [0.29, 0.717) is 6.04 Å². The van der Waals surface area contributed by atoms with Crippen LogP contribution in [0, 0.1) is 0 Å². The third-order valence-electron chi connectivity index (χ3n) is 4.46. The van der Waals surface area contributed by atoms with Gasteiger partial charge in [-0.2, -0.15) is 0 Å². The van der Waals surface area contributed by atoms with E-state index in [1.807, 2.05) is 35.2 Å². The van der Waals surface area contributed by atoms with Crippen LogP contribution in [-0.4, -0.2) is 61.1 Å². The number of benzene rings is 1. The number of likely N-dealkylation sites (tertiary alicyclic amines) is 1. The number of ether oxygens (including phenoxy) is 1. The smallest absolute Gasteiger partial charge is 0.244 e. The molecule has 0 spiro atoms. The normalized spacial score (nSPS) is 25.0. The summed E-state index contributed by atoms with van der Waals surface area (Å²) in [5.41, 5.74) is 7.00. The number of amides is 1. The van der Waals surface area contributed by atoms with Crippen LogP contribution in [0.1, 0.15) is 18.0 Å². The number of nitrogens with zero attached hydrogens (tertiary/aromatic N) is 2. The summed E-state index contributed by atoms with van der Waals surface area (Å²) in [5, 5.41) is 0. The van der Waals surface area contributed by atoms with Gasteiger partial charge in [0.1, 0.15) is 6.04 Å². The second kappa shape index (κ2) is 6.56. The summed E-state index contributed by atoms with van der Waals surface area (Å²) in [6.07, 6.45) is 1.03. The van der Waals surface area contributed by atoms with Crippen LogP contribution in [0.25, 0.3) is 0 Å². The van der Waals surface area contributed by atoms with Crippen molar-refractivity contribution in [3.05, 3.63) is 35.9 Å². The molecule has 0 bridgehead atoms. The lowest BCUT2D eigenvalue weighted by molar-refractivity contribution is -0.131. The highest BCUT2D eigenvalue weighted by atomic mass is 16.5. The highest BCUT2D eigenvalue weighted by molar-refractivity contribution is 5.83. The Balaban J connectivity index is 1.59. The molecular weight excluding hydrogens is 266 g/mol. The fraction of sp³-hybridized carbons (Fsp3) is 0.562. The molecule has 114 valence electrons. The molecule has 2 saturated heterocycles. The second-order valence-corrected chi connectivity index (χ2v) is 5.76. The fourth-order valence-electron chi connectivity index (χ4n) is 3.18. The topological polar surface area (TPSA) is 58.8 Å². The predicted molar refractivity (Wildman–Crippen MR) is 80.7 cm³/mol. The van der Waals surface area contributed by atoms with E-state index >= 15 is 0 Å². The Morgan fingerprint density at radius 3 is 2.62 bits per heavy atom. The van der Waals surface area contributed by atoms with Crippen molar-refractivity contribution in [3.8, 4) is 0 Å². The van der Waals surface area contributed by atoms with Crippen molar-refractivity contribution in [3.63, 3.8) is 0 Å². The van der Waals surface area contributed by atoms with Crippen LogP contribution in [0.2, 0.25) is 0 Å². The summed E-state index contributed by atoms with van der Waals surface area (Å²) in [4.78, 5) is 16.9. The van der Waals surface area contributed by atoms with Gasteiger partial charge in [-0.15, -0.1) is 0 Å². The van der Waals surface area contributed by atoms with Gasteiger partial charge in [0.2, 0.25) is 5.91 Å². The Bertz CT molecular complexity index is 474. The number of rotatable bonds is 3. The lowest BCUT2D eigenvalue weighted by atomic mass is 10.1. The van der Waals surface area contributed by atoms with Gasteiger partial charge < -0.3 is 15.4 Å². The van der Waals surface area contributed by atoms with Gasteiger partial charge in [-0.25, -0.2) is 0 Å². The lowest BCUT2D eigenvalue weighted by Crippen LogP contribution is -2.46. The van der Waals surface area contributed by atoms with Gasteiger partial charge in [-0.3, -0.25) is 9.69 Å². The van der Waals surface area contributed by atoms with Gasteiger partial charge in [0.05, 0.1) is 13.2 Å². The molecule has 1 aromatic carbocycles. The molecule has 2 unspecified atom stereocenters. The number of carbonyl (C=O) groups excluding carboxylic acids is 1. The van der Waals surface area contributed by atoms with Crippen LogP contribution in [-0.2, 0) is 9.53 Å². The van der Waals surface area contributed by atoms with Gasteiger partial charge in [0.25, 0.3) is 0 Å². The van der Waals surface area contributed by atoms with Gasteiger partial charge in [-0.1, -0.05) is 30.3 Å². The quantitative estimate of drug-likeness (QED) is 0.886. The van der Waals surface area contributed by atoms with Crippen molar-refractivity contribution in [2.24, 2.45) is 5.73 Å². The van der Waals surface area contributed by atoms with Gasteiger partial charge in [0, 0.05) is 32.2 Å². The fourth-order valence-corrected chi connectivity index (χ4v) is 3.18. The Hall–Kier alpha value is -1.43. The molecule has 2 heterocycles. The number of hydrogen-bond acceptors (Lipinski definition) is 4. The van der Waals surface area contributed by atoms with Crippen molar-refractivity contribution >= 4 is 5.91 Å². The number of morpholine rings is 1. The van der Waals surface area contributed by atoms with E-state index in [0.717, 1.165) is 51.4 Å². The summed E-state index contributed by atoms with van der Waals surface area (Å²) >= 11 is 0. The maximum Gasteiger partial charge on any atom is 0.244 e. The summed E-state index contributed by atoms with van der Waals surface area (Å²) in [5.74, 6) is 0.0389. The summed E-state index contributed by atoms with van der Waals surface area (Å²) in [7, 11) is 0. The molecule has 0 radical (unpaired) electrons. The van der Waals surface area contributed by atoms with E-state index < -0.39 is 6.04 Å². The molecule has 2 N–H and O–H groups in total. The molecule has 0 saturated carbocycles. The maximum atomic E-state index is 12.5. The van der Waals surface area contributed by atoms with Crippen molar-refractivity contribution in [2.45, 2.75) is 18.5 Å². The Morgan fingerprint density at radius 2 is 1.90 bits per heavy atom. The van der Waals surface area contributed by atoms with Crippen LogP contribution in [0.15, 0.2) is 30.3 Å². The minimum absolute atomic E-state index is 0.0389. The molecule has 2 aliphatic rings. The lowest BCUT2D eigenvalue weighted by Gasteiger charge is -2.32. The Kier molecular flexibility index (Phi) is 4.53. The number of nitrogens with two attached hydrogens (primary N) is 1. The van der Waals surface area contributed by atoms with Crippen LogP contribution < -0.4 is 5.73 Å². The van der Waals surface area contributed by atoms with E-state index in [2.05, 4.69) is 4.90 Å². The van der Waals surface area contributed by atoms with Crippen molar-refractivity contribution < 1.29 is 9.53 Å². The van der Waals surface area contributed by atoms with E-state index in [4.69, 9.17) is 10.5 Å². The molecule has 0 aromatic heterocycles. The zero-order valence-corrected chi connectivity index (χ0v) is 12.3. The van der Waals surface area contributed by atoms with Crippen LogP contribution in [0.3, 0.4) is 0 Å². The first-order valence-electron chi connectivity index (χ1n) is 7.67. The number of carbonyl (C=O) groups is 1. The molecule has 2 atom stereocenters. The third kappa shape index (κ3) is 3.26. The van der Waals surface area contributed by atoms with Gasteiger partial charge in [0.15, 0.2) is 0 Å². The van der Waals surface area contributed by atoms with E-state index in [-0.39, 0.29) is 5.91 Å². The average Bonchev–Trinajstić information content (AvgIpc) is 3.05. The number of hydrogen-bond donors (Lipinski definition) is 1. The summed E-state index contributed by atoms with van der Waals surface area (Å²) in [6.45, 7) is 5.14. The predicted octanol–water partition coefficient (Wildman–Crippen LogP) is 0.620. The molecule has 0 aliphatic carbocycles. The monoisotopic (exact) mass is 289 g/mol. The second-order valence-electron chi connectivity index (χ2n) is 5.76. The molecular formula is C16H23N3O2. The standard InChI is InChI=1S/C16H23N3O2/c17-15(13-4-2-1-3-5-13)16(20)19-7-6-14(12-19)18-8-10-21-11-9-18/h1-5,14-15H,6-12,17H2. The van der Waals surface area contributed by atoms with E-state index in [9.17, 15) is 4.79 Å². The molecule has 5 nitrogen and oxygen atoms in total. The highest BCUT2D eigenvalue weighted by Crippen LogP contribution is 2.21. The molecule has 21 heavy (non-hydrogen) atoms. The molecule has 2 fully saturated rings. The van der Waals surface area contributed by atoms with Crippen molar-refractivity contribution in [2.75, 3.05) is 39.4 Å².